The number of hydrogen-bond acceptors (Lipinski definition) is 9. The normalized spacial score (nSPS) is 52.0. The number of nitrogens with zero attached hydrogens (tertiary/aromatic N) is 1. The third kappa shape index (κ3) is 3.29. The monoisotopic (exact) mass is 526 g/mol. The fraction of sp³-hybridized carbons (Fsp3) is 0.739. The van der Waals surface area contributed by atoms with Gasteiger partial charge in [0, 0.05) is 24.2 Å². The molecule has 6 bridgehead atoms. The van der Waals surface area contributed by atoms with E-state index in [4.69, 9.17) is 18.5 Å². The zero-order chi connectivity index (χ0) is 25.8. The Balaban J connectivity index is 1.47. The van der Waals surface area contributed by atoms with E-state index in [0.717, 1.165) is 11.1 Å². The molecule has 36 heavy (non-hydrogen) atoms. The number of aliphatic hydroxyl groups is 2. The average Bonchev–Trinajstić information content (AvgIpc) is 3.37. The van der Waals surface area contributed by atoms with Crippen LogP contribution in [-0.2, 0) is 27.9 Å². The van der Waals surface area contributed by atoms with Gasteiger partial charge in [-0.3, -0.25) is 24.1 Å². The summed E-state index contributed by atoms with van der Waals surface area (Å²) in [6.45, 7) is 4.85. The zero-order valence-corrected chi connectivity index (χ0v) is 21.1. The Hall–Kier alpha value is -1.63. The molecule has 4 fully saturated rings. The number of allylic oxidation sites excluding steroid dienone is 1. The highest BCUT2D eigenvalue weighted by Crippen LogP contribution is 2.67. The van der Waals surface area contributed by atoms with E-state index in [2.05, 4.69) is 5.32 Å². The number of urea groups is 1. The first kappa shape index (κ1) is 24.7. The highest BCUT2D eigenvalue weighted by molar-refractivity contribution is 7.47. The molecule has 6 rings (SSSR count). The molecule has 0 aromatic rings. The number of rotatable bonds is 1. The van der Waals surface area contributed by atoms with Crippen LogP contribution < -0.4 is 5.32 Å². The van der Waals surface area contributed by atoms with Gasteiger partial charge in [0.15, 0.2) is 0 Å². The van der Waals surface area contributed by atoms with Gasteiger partial charge in [0.1, 0.15) is 24.5 Å². The summed E-state index contributed by atoms with van der Waals surface area (Å²) in [5.41, 5.74) is 0.145. The molecule has 1 unspecified atom stereocenters. The summed E-state index contributed by atoms with van der Waals surface area (Å²) in [6.07, 6.45) is -0.908. The SMILES string of the molecule is CC1=C[C@@H]2[C@]3(C)C=C1[C@H]1C[C@@H](O)[C@@H](COP(=O)(O)O[C@@H]4C[C@@H](O[C@@H]4CO)N4C(=O)NC(=O)[C@@]2(C)[C@@H]43)O1. The quantitative estimate of drug-likeness (QED) is 0.355. The first-order chi connectivity index (χ1) is 16.9. The zero-order valence-electron chi connectivity index (χ0n) is 20.2. The largest absolute Gasteiger partial charge is 0.472 e. The minimum absolute atomic E-state index is 0.00924. The molecule has 3 amide bonds. The number of aliphatic hydroxyl groups excluding tert-OH is 2. The van der Waals surface area contributed by atoms with Crippen LogP contribution in [0.2, 0.25) is 0 Å². The summed E-state index contributed by atoms with van der Waals surface area (Å²) in [7, 11) is -4.63. The topological polar surface area (TPSA) is 164 Å². The van der Waals surface area contributed by atoms with Crippen LogP contribution in [0.3, 0.4) is 0 Å². The first-order valence-corrected chi connectivity index (χ1v) is 13.7. The van der Waals surface area contributed by atoms with E-state index in [1.807, 2.05) is 32.9 Å². The molecule has 2 aliphatic carbocycles. The summed E-state index contributed by atoms with van der Waals surface area (Å²) in [4.78, 5) is 38.3. The summed E-state index contributed by atoms with van der Waals surface area (Å²) in [6, 6.07) is -1.23. The molecule has 12 nitrogen and oxygen atoms in total. The van der Waals surface area contributed by atoms with Gasteiger partial charge in [0.2, 0.25) is 5.91 Å². The van der Waals surface area contributed by atoms with Gasteiger partial charge in [0.25, 0.3) is 0 Å². The second-order valence-electron chi connectivity index (χ2n) is 11.1. The van der Waals surface area contributed by atoms with Crippen LogP contribution in [0.15, 0.2) is 23.3 Å². The van der Waals surface area contributed by atoms with Crippen LogP contribution in [0, 0.1) is 16.7 Å². The van der Waals surface area contributed by atoms with Crippen molar-refractivity contribution in [3.8, 4) is 0 Å². The number of carbonyl (C=O) groups excluding carboxylic acids is 2. The van der Waals surface area contributed by atoms with Crippen LogP contribution in [0.5, 0.6) is 0 Å². The smallest absolute Gasteiger partial charge is 0.394 e. The molecule has 0 aromatic carbocycles. The molecule has 4 aliphatic heterocycles. The maximum atomic E-state index is 13.2. The number of imide groups is 1. The van der Waals surface area contributed by atoms with E-state index >= 15 is 0 Å². The Morgan fingerprint density at radius 1 is 1.22 bits per heavy atom. The average molecular weight is 526 g/mol. The third-order valence-corrected chi connectivity index (χ3v) is 9.96. The molecule has 3 saturated heterocycles. The second kappa shape index (κ2) is 7.94. The molecule has 4 heterocycles. The van der Waals surface area contributed by atoms with Gasteiger partial charge < -0.3 is 24.6 Å². The lowest BCUT2D eigenvalue weighted by atomic mass is 9.40. The molecule has 11 atom stereocenters. The Morgan fingerprint density at radius 2 is 1.97 bits per heavy atom. The van der Waals surface area contributed by atoms with Gasteiger partial charge in [0.05, 0.1) is 36.9 Å². The molecule has 6 aliphatic rings. The summed E-state index contributed by atoms with van der Waals surface area (Å²) in [5.74, 6) is -0.587. The van der Waals surface area contributed by atoms with Gasteiger partial charge in [-0.1, -0.05) is 19.1 Å². The first-order valence-electron chi connectivity index (χ1n) is 12.2. The Morgan fingerprint density at radius 3 is 2.69 bits per heavy atom. The van der Waals surface area contributed by atoms with Crippen LogP contribution in [0.25, 0.3) is 0 Å². The molecule has 0 aromatic heterocycles. The lowest BCUT2D eigenvalue weighted by molar-refractivity contribution is -0.201. The molecular weight excluding hydrogens is 495 g/mol. The van der Waals surface area contributed by atoms with Crippen molar-refractivity contribution < 1.29 is 47.8 Å². The fourth-order valence-corrected chi connectivity index (χ4v) is 8.32. The van der Waals surface area contributed by atoms with Crippen molar-refractivity contribution in [1.82, 2.24) is 10.2 Å². The lowest BCUT2D eigenvalue weighted by Gasteiger charge is -2.69. The number of carbonyl (C=O) groups is 2. The predicted octanol–water partition coefficient (Wildman–Crippen LogP) is 0.577. The molecule has 0 spiro atoms. The molecular formula is C23H31N2O10P. The second-order valence-corrected chi connectivity index (χ2v) is 12.5. The fourth-order valence-electron chi connectivity index (χ4n) is 7.36. The van der Waals surface area contributed by atoms with E-state index in [1.165, 1.54) is 4.90 Å². The van der Waals surface area contributed by atoms with Gasteiger partial charge in [-0.15, -0.1) is 0 Å². The van der Waals surface area contributed by atoms with E-state index in [-0.39, 0.29) is 31.3 Å². The third-order valence-electron chi connectivity index (χ3n) is 8.95. The number of fused-ring (bicyclic) bond motifs is 7. The van der Waals surface area contributed by atoms with Crippen molar-refractivity contribution in [3.63, 3.8) is 0 Å². The number of ether oxygens (including phenoxy) is 2. The molecule has 4 N–H and O–H groups in total. The van der Waals surface area contributed by atoms with Gasteiger partial charge >= 0.3 is 13.9 Å². The summed E-state index contributed by atoms with van der Waals surface area (Å²) >= 11 is 0. The maximum absolute atomic E-state index is 13.2. The van der Waals surface area contributed by atoms with Crippen molar-refractivity contribution in [3.05, 3.63) is 23.3 Å². The molecule has 198 valence electrons. The maximum Gasteiger partial charge on any atom is 0.472 e. The number of amides is 3. The number of nitrogens with one attached hydrogen (secondary N) is 1. The van der Waals surface area contributed by atoms with E-state index in [1.54, 1.807) is 0 Å². The van der Waals surface area contributed by atoms with Crippen molar-refractivity contribution in [1.29, 1.82) is 0 Å². The van der Waals surface area contributed by atoms with Gasteiger partial charge in [-0.25, -0.2) is 9.36 Å². The van der Waals surface area contributed by atoms with Crippen LogP contribution >= 0.6 is 7.82 Å². The predicted molar refractivity (Wildman–Crippen MR) is 121 cm³/mol. The van der Waals surface area contributed by atoms with Crippen molar-refractivity contribution in [2.75, 3.05) is 13.2 Å². The van der Waals surface area contributed by atoms with Crippen LogP contribution in [0.4, 0.5) is 4.79 Å². The molecule has 13 heteroatoms. The Kier molecular flexibility index (Phi) is 5.44. The highest BCUT2D eigenvalue weighted by atomic mass is 31.2. The van der Waals surface area contributed by atoms with Crippen LogP contribution in [-0.4, -0.2) is 87.9 Å². The number of phosphoric acid groups is 1. The van der Waals surface area contributed by atoms with E-state index in [0.29, 0.717) is 0 Å². The minimum Gasteiger partial charge on any atom is -0.394 e. The van der Waals surface area contributed by atoms with Gasteiger partial charge in [-0.05, 0) is 25.0 Å². The van der Waals surface area contributed by atoms with Gasteiger partial charge in [-0.2, -0.15) is 0 Å². The minimum atomic E-state index is -4.63. The number of phosphoric ester groups is 1. The Labute approximate surface area is 207 Å². The Bertz CT molecular complexity index is 1130. The van der Waals surface area contributed by atoms with Crippen molar-refractivity contribution in [2.24, 2.45) is 16.7 Å². The van der Waals surface area contributed by atoms with Crippen molar-refractivity contribution in [2.45, 2.75) is 76.4 Å². The highest BCUT2D eigenvalue weighted by Gasteiger charge is 2.74. The lowest BCUT2D eigenvalue weighted by Crippen LogP contribution is -2.82. The van der Waals surface area contributed by atoms with Crippen molar-refractivity contribution >= 4 is 19.8 Å². The summed E-state index contributed by atoms with van der Waals surface area (Å²) in [5, 5.41) is 23.0. The standard InChI is InChI=1S/C23H31N2O10P/c1-10-4-17-22(2)7-11(10)13-5-12(27)16(33-13)9-32-36(30,31)35-14-6-18(34-15(14)8-26)25-19(22)23(17,3)20(28)24-21(25)29/h4,7,12-19,26-27H,5-6,8-9H2,1-3H3,(H,30,31)(H,24,28,29)/t12-,13-,14-,15-,16-,17-,18-,19+,22+,23-/m1/s1. The molecule has 0 radical (unpaired) electrons. The van der Waals surface area contributed by atoms with Crippen LogP contribution in [0.1, 0.15) is 33.6 Å². The van der Waals surface area contributed by atoms with E-state index in [9.17, 15) is 29.3 Å². The van der Waals surface area contributed by atoms with E-state index < -0.39 is 74.1 Å². The summed E-state index contributed by atoms with van der Waals surface area (Å²) < 4.78 is 35.3. The molecule has 1 saturated carbocycles. The number of hydrogen-bond donors (Lipinski definition) is 4.